The number of hydrogen-bond acceptors (Lipinski definition) is 10. The SMILES string of the molecule is COC1CCC([C@@H]2CCN(C(=O)C3CCC([C@H](N)CF)CC3)[C@@H]2C(=O)Nc2ccc3oc(C(=O)OC(C)OC(=O)OC4CCCCC4)cc3c2)CC1. The predicted molar refractivity (Wildman–Crippen MR) is 190 cm³/mol. The number of carbonyl (C=O) groups is 4. The zero-order valence-corrected chi connectivity index (χ0v) is 30.4. The van der Waals surface area contributed by atoms with E-state index in [1.165, 1.54) is 13.0 Å². The summed E-state index contributed by atoms with van der Waals surface area (Å²) in [5, 5.41) is 3.63. The van der Waals surface area contributed by atoms with Crippen molar-refractivity contribution >= 4 is 40.6 Å². The van der Waals surface area contributed by atoms with Gasteiger partial charge in [-0.25, -0.2) is 14.0 Å². The minimum atomic E-state index is -1.19. The Balaban J connectivity index is 1.11. The van der Waals surface area contributed by atoms with E-state index in [2.05, 4.69) is 5.32 Å². The average Bonchev–Trinajstić information content (AvgIpc) is 3.80. The molecule has 52 heavy (non-hydrogen) atoms. The van der Waals surface area contributed by atoms with Gasteiger partial charge in [0.25, 0.3) is 0 Å². The molecule has 3 aliphatic carbocycles. The van der Waals surface area contributed by atoms with Crippen LogP contribution in [0.2, 0.25) is 0 Å². The Morgan fingerprint density at radius 1 is 0.923 bits per heavy atom. The smallest absolute Gasteiger partial charge is 0.449 e. The summed E-state index contributed by atoms with van der Waals surface area (Å²) >= 11 is 0. The second kappa shape index (κ2) is 17.4. The molecular formula is C39H54FN3O9. The largest absolute Gasteiger partial charge is 0.511 e. The van der Waals surface area contributed by atoms with Crippen LogP contribution in [0.1, 0.15) is 107 Å². The van der Waals surface area contributed by atoms with E-state index in [9.17, 15) is 23.6 Å². The van der Waals surface area contributed by atoms with Crippen LogP contribution in [0.3, 0.4) is 0 Å². The van der Waals surface area contributed by atoms with Crippen molar-refractivity contribution in [1.82, 2.24) is 4.90 Å². The van der Waals surface area contributed by atoms with Crippen molar-refractivity contribution in [1.29, 1.82) is 0 Å². The number of likely N-dealkylation sites (tertiary alicyclic amines) is 1. The molecule has 2 aromatic rings. The van der Waals surface area contributed by atoms with Gasteiger partial charge in [-0.15, -0.1) is 0 Å². The topological polar surface area (TPSA) is 160 Å². The molecule has 4 fully saturated rings. The molecule has 2 amide bonds. The third-order valence-electron chi connectivity index (χ3n) is 11.9. The van der Waals surface area contributed by atoms with E-state index in [1.54, 1.807) is 30.2 Å². The van der Waals surface area contributed by atoms with E-state index < -0.39 is 37.2 Å². The summed E-state index contributed by atoms with van der Waals surface area (Å²) in [6.07, 6.45) is 9.82. The minimum absolute atomic E-state index is 0.00519. The highest BCUT2D eigenvalue weighted by Gasteiger charge is 2.47. The number of nitrogens with one attached hydrogen (secondary N) is 1. The van der Waals surface area contributed by atoms with Gasteiger partial charge in [-0.05, 0) is 125 Å². The van der Waals surface area contributed by atoms with E-state index in [0.29, 0.717) is 54.8 Å². The number of benzene rings is 1. The fourth-order valence-electron chi connectivity index (χ4n) is 8.95. The molecule has 1 unspecified atom stereocenters. The van der Waals surface area contributed by atoms with Crippen LogP contribution in [0.4, 0.5) is 14.9 Å². The fourth-order valence-corrected chi connectivity index (χ4v) is 8.95. The molecule has 1 aromatic heterocycles. The standard InChI is InChI=1S/C39H54FN3O9/c1-23(50-39(47)51-30-6-4-3-5-7-30)49-38(46)34-21-27-20-28(14-17-33(27)52-34)42-36(44)35-31(24-12-15-29(48-2)16-13-24)18-19-43(35)37(45)26-10-8-25(9-11-26)32(41)22-40/h14,17,20-21,23-26,29-32,35H,3-13,15-16,18-19,22,41H2,1-2H3,(H,42,44)/t23?,24?,25?,26?,29?,31-,32+,35-/m0/s1. The molecule has 3 N–H and O–H groups in total. The molecule has 0 spiro atoms. The van der Waals surface area contributed by atoms with Crippen LogP contribution >= 0.6 is 0 Å². The number of rotatable bonds is 11. The molecule has 0 bridgehead atoms. The van der Waals surface area contributed by atoms with Gasteiger partial charge in [-0.1, -0.05) is 6.42 Å². The summed E-state index contributed by atoms with van der Waals surface area (Å²) in [4.78, 5) is 55.1. The molecule has 1 aromatic carbocycles. The minimum Gasteiger partial charge on any atom is -0.449 e. The van der Waals surface area contributed by atoms with Gasteiger partial charge >= 0.3 is 12.1 Å². The van der Waals surface area contributed by atoms with Crippen LogP contribution in [0.5, 0.6) is 0 Å². The van der Waals surface area contributed by atoms with Gasteiger partial charge in [0.2, 0.25) is 23.9 Å². The number of hydrogen-bond donors (Lipinski definition) is 2. The quantitative estimate of drug-likeness (QED) is 0.184. The molecule has 6 rings (SSSR count). The molecule has 4 atom stereocenters. The Morgan fingerprint density at radius 2 is 1.65 bits per heavy atom. The molecule has 13 heteroatoms. The van der Waals surface area contributed by atoms with Crippen molar-refractivity contribution in [3.63, 3.8) is 0 Å². The average molecular weight is 728 g/mol. The monoisotopic (exact) mass is 727 g/mol. The third-order valence-corrected chi connectivity index (χ3v) is 11.9. The summed E-state index contributed by atoms with van der Waals surface area (Å²) in [6.45, 7) is 1.38. The van der Waals surface area contributed by atoms with Crippen molar-refractivity contribution in [2.75, 3.05) is 25.6 Å². The zero-order valence-electron chi connectivity index (χ0n) is 30.4. The molecule has 1 aliphatic heterocycles. The first-order valence-corrected chi connectivity index (χ1v) is 19.2. The van der Waals surface area contributed by atoms with Crippen LogP contribution in [0.15, 0.2) is 28.7 Å². The summed E-state index contributed by atoms with van der Waals surface area (Å²) in [7, 11) is 1.74. The van der Waals surface area contributed by atoms with Gasteiger partial charge in [-0.3, -0.25) is 9.59 Å². The number of amides is 2. The second-order valence-corrected chi connectivity index (χ2v) is 15.2. The lowest BCUT2D eigenvalue weighted by Gasteiger charge is -2.37. The van der Waals surface area contributed by atoms with Crippen molar-refractivity contribution in [3.05, 3.63) is 30.0 Å². The van der Waals surface area contributed by atoms with E-state index in [1.807, 2.05) is 0 Å². The number of alkyl halides is 1. The van der Waals surface area contributed by atoms with Gasteiger partial charge in [0.05, 0.1) is 6.10 Å². The van der Waals surface area contributed by atoms with E-state index in [-0.39, 0.29) is 47.5 Å². The number of methoxy groups -OCH3 is 1. The molecule has 0 radical (unpaired) electrons. The highest BCUT2D eigenvalue weighted by Crippen LogP contribution is 2.42. The number of fused-ring (bicyclic) bond motifs is 1. The Morgan fingerprint density at radius 3 is 2.35 bits per heavy atom. The van der Waals surface area contributed by atoms with Crippen molar-refractivity contribution < 1.29 is 46.9 Å². The Labute approximate surface area is 304 Å². The maximum absolute atomic E-state index is 14.2. The number of anilines is 1. The number of carbonyl (C=O) groups excluding carboxylic acids is 4. The van der Waals surface area contributed by atoms with Crippen molar-refractivity contribution in [2.45, 2.75) is 127 Å². The highest BCUT2D eigenvalue weighted by molar-refractivity contribution is 6.00. The number of esters is 1. The molecule has 4 aliphatic rings. The van der Waals surface area contributed by atoms with Crippen molar-refractivity contribution in [3.8, 4) is 0 Å². The highest BCUT2D eigenvalue weighted by atomic mass is 19.1. The number of halogens is 1. The molecule has 1 saturated heterocycles. The van der Waals surface area contributed by atoms with Crippen molar-refractivity contribution in [2.24, 2.45) is 29.4 Å². The fraction of sp³-hybridized carbons (Fsp3) is 0.692. The van der Waals surface area contributed by atoms with E-state index in [4.69, 9.17) is 29.1 Å². The Bertz CT molecular complexity index is 1540. The molecular weight excluding hydrogens is 673 g/mol. The maximum atomic E-state index is 14.2. The third kappa shape index (κ3) is 9.07. The lowest BCUT2D eigenvalue weighted by atomic mass is 9.75. The molecule has 12 nitrogen and oxygen atoms in total. The molecule has 286 valence electrons. The van der Waals surface area contributed by atoms with E-state index in [0.717, 1.165) is 64.2 Å². The van der Waals surface area contributed by atoms with E-state index >= 15 is 0 Å². The van der Waals surface area contributed by atoms with Gasteiger partial charge in [0.1, 0.15) is 24.4 Å². The van der Waals surface area contributed by atoms with Crippen LogP contribution in [-0.4, -0.2) is 79.7 Å². The molecule has 2 heterocycles. The number of ether oxygens (including phenoxy) is 4. The summed E-state index contributed by atoms with van der Waals surface area (Å²) in [5.74, 6) is -0.979. The number of nitrogens with zero attached hydrogens (tertiary/aromatic N) is 1. The van der Waals surface area contributed by atoms with Crippen LogP contribution < -0.4 is 11.1 Å². The Kier molecular flexibility index (Phi) is 12.7. The van der Waals surface area contributed by atoms with Crippen LogP contribution in [-0.2, 0) is 28.5 Å². The molecule has 3 saturated carbocycles. The van der Waals surface area contributed by atoms with Gasteiger partial charge in [0, 0.05) is 43.6 Å². The first kappa shape index (κ1) is 38.0. The van der Waals surface area contributed by atoms with Crippen LogP contribution in [0.25, 0.3) is 11.0 Å². The normalized spacial score (nSPS) is 28.2. The maximum Gasteiger partial charge on any atom is 0.511 e. The lowest BCUT2D eigenvalue weighted by Crippen LogP contribution is -2.50. The van der Waals surface area contributed by atoms with Gasteiger partial charge in [-0.2, -0.15) is 0 Å². The second-order valence-electron chi connectivity index (χ2n) is 15.2. The first-order valence-electron chi connectivity index (χ1n) is 19.2. The number of nitrogens with two attached hydrogens (primary N) is 1. The summed E-state index contributed by atoms with van der Waals surface area (Å²) < 4.78 is 40.3. The van der Waals surface area contributed by atoms with Gasteiger partial charge < -0.3 is 39.3 Å². The summed E-state index contributed by atoms with van der Waals surface area (Å²) in [6, 6.07) is 5.45. The number of furan rings is 1. The lowest BCUT2D eigenvalue weighted by molar-refractivity contribution is -0.142. The first-order chi connectivity index (χ1) is 25.1. The van der Waals surface area contributed by atoms with Gasteiger partial charge in [0.15, 0.2) is 0 Å². The zero-order chi connectivity index (χ0) is 36.8. The summed E-state index contributed by atoms with van der Waals surface area (Å²) in [5.41, 5.74) is 6.89. The predicted octanol–water partition coefficient (Wildman–Crippen LogP) is 6.89. The van der Waals surface area contributed by atoms with Crippen LogP contribution in [0, 0.1) is 23.7 Å². The Hall–Kier alpha value is -3.71.